The van der Waals surface area contributed by atoms with E-state index in [2.05, 4.69) is 0 Å². The zero-order valence-corrected chi connectivity index (χ0v) is 8.91. The summed E-state index contributed by atoms with van der Waals surface area (Å²) in [6, 6.07) is 0. The van der Waals surface area contributed by atoms with Gasteiger partial charge in [0.1, 0.15) is 0 Å². The normalized spacial score (nSPS) is 9.00. The van der Waals surface area contributed by atoms with Crippen LogP contribution in [-0.4, -0.2) is 17.5 Å². The predicted octanol–water partition coefficient (Wildman–Crippen LogP) is -12.5. The van der Waals surface area contributed by atoms with Gasteiger partial charge >= 0.3 is 67.0 Å². The molecule has 0 aliphatic rings. The van der Waals surface area contributed by atoms with E-state index in [1.54, 1.807) is 0 Å². The van der Waals surface area contributed by atoms with Crippen LogP contribution in [0, 0.1) is 0 Å². The van der Waals surface area contributed by atoms with Gasteiger partial charge in [-0.2, -0.15) is 16.2 Å². The average molecular weight is 214 g/mol. The maximum atomic E-state index is 8.74. The van der Waals surface area contributed by atoms with Gasteiger partial charge in [0.2, 0.25) is 0 Å². The topological polar surface area (TPSA) is 161 Å². The van der Waals surface area contributed by atoms with Gasteiger partial charge in [0.25, 0.3) is 0 Å². The van der Waals surface area contributed by atoms with Crippen LogP contribution in [0.5, 0.6) is 0 Å². The van der Waals surface area contributed by atoms with Crippen LogP contribution in [0.15, 0.2) is 0 Å². The summed E-state index contributed by atoms with van der Waals surface area (Å²) in [6.45, 7) is 0. The summed E-state index contributed by atoms with van der Waals surface area (Å²) < 4.78 is 40.1. The van der Waals surface area contributed by atoms with Gasteiger partial charge in [-0.25, -0.2) is 0 Å². The summed E-state index contributed by atoms with van der Waals surface area (Å²) >= 11 is 0. The Morgan fingerprint density at radius 2 is 0.923 bits per heavy atom. The zero-order chi connectivity index (χ0) is 9.00. The SMILES string of the molecule is O=P([O-])([O-])[O-].O=S(=O)(O)O.[Li+].[Li+].[Li+]. The second-order valence-electron chi connectivity index (χ2n) is 0.895. The maximum absolute atomic E-state index is 8.74. The molecule has 0 aromatic carbocycles. The van der Waals surface area contributed by atoms with Gasteiger partial charge in [0.15, 0.2) is 0 Å². The van der Waals surface area contributed by atoms with Crippen molar-refractivity contribution < 1.29 is 93.4 Å². The third-order valence-corrected chi connectivity index (χ3v) is 0. The zero-order valence-electron chi connectivity index (χ0n) is 7.20. The van der Waals surface area contributed by atoms with Crippen molar-refractivity contribution in [3.8, 4) is 0 Å². The van der Waals surface area contributed by atoms with Crippen LogP contribution in [0.4, 0.5) is 0 Å². The Morgan fingerprint density at radius 1 is 0.923 bits per heavy atom. The molecule has 0 aromatic heterocycles. The van der Waals surface area contributed by atoms with Gasteiger partial charge in [-0.1, -0.05) is 0 Å². The van der Waals surface area contributed by atoms with Gasteiger partial charge in [-0.15, -0.1) is 0 Å². The third kappa shape index (κ3) is 608. The molecule has 0 unspecified atom stereocenters. The van der Waals surface area contributed by atoms with E-state index >= 15 is 0 Å². The van der Waals surface area contributed by atoms with Crippen molar-refractivity contribution in [1.82, 2.24) is 0 Å². The summed E-state index contributed by atoms with van der Waals surface area (Å²) in [7, 11) is -10.1. The van der Waals surface area contributed by atoms with Crippen molar-refractivity contribution in [2.45, 2.75) is 0 Å². The Hall–Kier alpha value is 1.77. The Bertz CT molecular complexity index is 197. The first-order valence-electron chi connectivity index (χ1n) is 1.43. The molecule has 0 saturated heterocycles. The quantitative estimate of drug-likeness (QED) is 0.228. The van der Waals surface area contributed by atoms with E-state index in [0.29, 0.717) is 0 Å². The summed E-state index contributed by atoms with van der Waals surface area (Å²) in [5.41, 5.74) is 0. The van der Waals surface area contributed by atoms with E-state index in [-0.39, 0.29) is 56.6 Å². The fourth-order valence-corrected chi connectivity index (χ4v) is 0. The van der Waals surface area contributed by atoms with Gasteiger partial charge in [0.05, 0.1) is 0 Å². The van der Waals surface area contributed by atoms with E-state index in [0.717, 1.165) is 0 Å². The molecule has 0 aromatic rings. The molecule has 8 nitrogen and oxygen atoms in total. The van der Waals surface area contributed by atoms with Crippen molar-refractivity contribution in [2.24, 2.45) is 0 Å². The van der Waals surface area contributed by atoms with Crippen molar-refractivity contribution in [1.29, 1.82) is 0 Å². The minimum Gasteiger partial charge on any atom is -0.822 e. The summed E-state index contributed by atoms with van der Waals surface area (Å²) in [5, 5.41) is 0. The molecule has 0 aliphatic heterocycles. The Kier molecular flexibility index (Phi) is 26.7. The van der Waals surface area contributed by atoms with Crippen LogP contribution < -0.4 is 71.3 Å². The van der Waals surface area contributed by atoms with Gasteiger partial charge < -0.3 is 19.2 Å². The van der Waals surface area contributed by atoms with Crippen LogP contribution >= 0.6 is 7.82 Å². The van der Waals surface area contributed by atoms with E-state index in [1.165, 1.54) is 0 Å². The average Bonchev–Trinajstić information content (AvgIpc) is 1.12. The Balaban J connectivity index is -0.0000000267. The van der Waals surface area contributed by atoms with Gasteiger partial charge in [0, 0.05) is 0 Å². The molecule has 0 atom stereocenters. The van der Waals surface area contributed by atoms with E-state index in [9.17, 15) is 0 Å². The van der Waals surface area contributed by atoms with Crippen LogP contribution in [0.2, 0.25) is 0 Å². The molecule has 2 N–H and O–H groups in total. The number of rotatable bonds is 0. The standard InChI is InChI=1S/3Li.H3O4P.H2O4S/c;;;2*1-5(2,3)4/h;;;(H3,1,2,3,4);(H2,1,2,3,4)/q3*+1;;/p-3. The molecule has 0 saturated carbocycles. The first-order chi connectivity index (χ1) is 4.00. The minimum absolute atomic E-state index is 0. The third-order valence-electron chi connectivity index (χ3n) is 0. The van der Waals surface area contributed by atoms with E-state index in [1.807, 2.05) is 0 Å². The molecule has 0 amide bonds. The molecule has 0 radical (unpaired) electrons. The number of hydrogen-bond acceptors (Lipinski definition) is 6. The molecule has 13 heavy (non-hydrogen) atoms. The molecular formula is H2Li3O8PS. The van der Waals surface area contributed by atoms with Crippen LogP contribution in [-0.2, 0) is 15.0 Å². The molecule has 0 spiro atoms. The molecule has 13 heteroatoms. The number of phosphoric acid groups is 1. The maximum Gasteiger partial charge on any atom is 1.00 e. The van der Waals surface area contributed by atoms with Gasteiger partial charge in [-0.05, 0) is 0 Å². The molecular weight excluding hydrogens is 212 g/mol. The van der Waals surface area contributed by atoms with E-state index in [4.69, 9.17) is 36.8 Å². The van der Waals surface area contributed by atoms with E-state index < -0.39 is 18.2 Å². The summed E-state index contributed by atoms with van der Waals surface area (Å²) in [4.78, 5) is 25.6. The first kappa shape index (κ1) is 29.3. The van der Waals surface area contributed by atoms with Crippen LogP contribution in [0.1, 0.15) is 0 Å². The van der Waals surface area contributed by atoms with Crippen molar-refractivity contribution in [2.75, 3.05) is 0 Å². The van der Waals surface area contributed by atoms with Crippen molar-refractivity contribution >= 4 is 18.2 Å². The monoisotopic (exact) mass is 214 g/mol. The summed E-state index contributed by atoms with van der Waals surface area (Å²) in [5.74, 6) is 0. The second kappa shape index (κ2) is 11.8. The molecule has 0 aliphatic carbocycles. The number of hydrogen-bond donors (Lipinski definition) is 2. The first-order valence-corrected chi connectivity index (χ1v) is 4.29. The molecule has 64 valence electrons. The largest absolute Gasteiger partial charge is 1.00 e. The van der Waals surface area contributed by atoms with Gasteiger partial charge in [-0.3, -0.25) is 9.11 Å². The Morgan fingerprint density at radius 3 is 0.923 bits per heavy atom. The fraction of sp³-hybridized carbons (Fsp3) is 0. The fourth-order valence-electron chi connectivity index (χ4n) is 0. The molecule has 0 fully saturated rings. The second-order valence-corrected chi connectivity index (χ2v) is 2.69. The van der Waals surface area contributed by atoms with Crippen molar-refractivity contribution in [3.05, 3.63) is 0 Å². The molecule has 0 bridgehead atoms. The predicted molar refractivity (Wildman–Crippen MR) is 21.8 cm³/mol. The minimum atomic E-state index is -5.39. The van der Waals surface area contributed by atoms with Crippen LogP contribution in [0.25, 0.3) is 0 Å². The molecule has 0 rings (SSSR count). The smallest absolute Gasteiger partial charge is 0.822 e. The van der Waals surface area contributed by atoms with Crippen LogP contribution in [0.3, 0.4) is 0 Å². The Labute approximate surface area is 111 Å². The molecule has 0 heterocycles. The summed E-state index contributed by atoms with van der Waals surface area (Å²) in [6.07, 6.45) is 0. The van der Waals surface area contributed by atoms with Crippen molar-refractivity contribution in [3.63, 3.8) is 0 Å².